The smallest absolute Gasteiger partial charge is 0.166 e. The second-order valence-electron chi connectivity index (χ2n) is 4.97. The Bertz CT molecular complexity index is 857. The van der Waals surface area contributed by atoms with Gasteiger partial charge in [0.1, 0.15) is 15.8 Å². The highest BCUT2D eigenvalue weighted by Crippen LogP contribution is 2.41. The largest absolute Gasteiger partial charge is 0.217 e. The number of benzene rings is 1. The van der Waals surface area contributed by atoms with Crippen LogP contribution in [-0.2, 0) is 12.8 Å². The van der Waals surface area contributed by atoms with Gasteiger partial charge in [0.25, 0.3) is 0 Å². The number of fused-ring (bicyclic) bond motifs is 3. The maximum Gasteiger partial charge on any atom is 0.166 e. The monoisotopic (exact) mass is 382 g/mol. The Morgan fingerprint density at radius 2 is 2.10 bits per heavy atom. The van der Waals surface area contributed by atoms with Gasteiger partial charge < -0.3 is 0 Å². The van der Waals surface area contributed by atoms with Gasteiger partial charge in [-0.3, -0.25) is 0 Å². The molecule has 0 fully saturated rings. The van der Waals surface area contributed by atoms with Crippen LogP contribution in [-0.4, -0.2) is 9.97 Å². The molecular weight excluding hydrogens is 375 g/mol. The van der Waals surface area contributed by atoms with Crippen molar-refractivity contribution in [3.8, 4) is 11.4 Å². The second-order valence-corrected chi connectivity index (χ2v) is 7.27. The molecule has 1 aliphatic rings. The van der Waals surface area contributed by atoms with E-state index in [1.807, 2.05) is 0 Å². The first kappa shape index (κ1) is 13.6. The number of rotatable bonds is 1. The number of hydrogen-bond acceptors (Lipinski definition) is 3. The quantitative estimate of drug-likeness (QED) is 0.526. The van der Waals surface area contributed by atoms with Gasteiger partial charge in [0.05, 0.1) is 10.9 Å². The van der Waals surface area contributed by atoms with Crippen molar-refractivity contribution in [3.63, 3.8) is 0 Å². The molecule has 2 nitrogen and oxygen atoms in total. The van der Waals surface area contributed by atoms with Crippen molar-refractivity contribution in [2.75, 3.05) is 0 Å². The molecule has 1 aliphatic carbocycles. The van der Waals surface area contributed by atoms with E-state index in [1.54, 1.807) is 23.5 Å². The summed E-state index contributed by atoms with van der Waals surface area (Å²) in [6.07, 6.45) is 3.26. The first-order chi connectivity index (χ1) is 10.1. The van der Waals surface area contributed by atoms with E-state index in [-0.39, 0.29) is 5.82 Å². The molecule has 0 radical (unpaired) electrons. The summed E-state index contributed by atoms with van der Waals surface area (Å²) in [7, 11) is 0. The topological polar surface area (TPSA) is 25.8 Å². The van der Waals surface area contributed by atoms with E-state index >= 15 is 0 Å². The molecule has 2 heterocycles. The molecule has 0 saturated heterocycles. The third kappa shape index (κ3) is 2.10. The highest BCUT2D eigenvalue weighted by Gasteiger charge is 2.23. The van der Waals surface area contributed by atoms with Crippen molar-refractivity contribution >= 4 is 49.1 Å². The lowest BCUT2D eigenvalue weighted by molar-refractivity contribution is 0.629. The molecule has 106 valence electrons. The van der Waals surface area contributed by atoms with E-state index in [1.165, 1.54) is 16.5 Å². The van der Waals surface area contributed by atoms with Gasteiger partial charge in [-0.25, -0.2) is 14.4 Å². The molecular formula is C15H9BrClFN2S. The lowest BCUT2D eigenvalue weighted by Crippen LogP contribution is -1.94. The first-order valence-corrected chi connectivity index (χ1v) is 8.56. The molecule has 21 heavy (non-hydrogen) atoms. The highest BCUT2D eigenvalue weighted by molar-refractivity contribution is 9.10. The van der Waals surface area contributed by atoms with Gasteiger partial charge in [-0.05, 0) is 52.9 Å². The molecule has 0 unspecified atom stereocenters. The van der Waals surface area contributed by atoms with Gasteiger partial charge in [-0.15, -0.1) is 11.3 Å². The van der Waals surface area contributed by atoms with Crippen molar-refractivity contribution < 1.29 is 4.39 Å². The average Bonchev–Trinajstić information content (AvgIpc) is 2.98. The van der Waals surface area contributed by atoms with Crippen molar-refractivity contribution in [3.05, 3.63) is 44.1 Å². The summed E-state index contributed by atoms with van der Waals surface area (Å²) in [5, 5.41) is 1.37. The van der Waals surface area contributed by atoms with Crippen LogP contribution in [0.2, 0.25) is 5.15 Å². The van der Waals surface area contributed by atoms with Crippen molar-refractivity contribution in [1.82, 2.24) is 9.97 Å². The Hall–Kier alpha value is -1.04. The molecule has 0 bridgehead atoms. The molecule has 6 heteroatoms. The van der Waals surface area contributed by atoms with Crippen LogP contribution >= 0.6 is 38.9 Å². The van der Waals surface area contributed by atoms with Crippen LogP contribution in [0.5, 0.6) is 0 Å². The molecule has 0 saturated carbocycles. The van der Waals surface area contributed by atoms with Crippen molar-refractivity contribution in [2.24, 2.45) is 0 Å². The zero-order valence-corrected chi connectivity index (χ0v) is 13.9. The molecule has 0 N–H and O–H groups in total. The number of thiophene rings is 1. The lowest BCUT2D eigenvalue weighted by Gasteiger charge is -2.06. The molecule has 0 atom stereocenters. The molecule has 1 aromatic carbocycles. The Balaban J connectivity index is 2.00. The standard InChI is InChI=1S/C15H9BrClFN2S/c16-8-4-2-5-9(18)12(8)14-19-13(17)11-7-3-1-6-10(7)21-15(11)20-14/h2,4-5H,1,3,6H2. The third-order valence-corrected chi connectivity index (χ3v) is 5.83. The molecule has 0 aliphatic heterocycles. The maximum atomic E-state index is 14.1. The van der Waals surface area contributed by atoms with Crippen LogP contribution in [0.3, 0.4) is 0 Å². The minimum atomic E-state index is -0.358. The summed E-state index contributed by atoms with van der Waals surface area (Å²) in [6.45, 7) is 0. The normalized spacial score (nSPS) is 13.9. The van der Waals surface area contributed by atoms with Gasteiger partial charge in [-0.1, -0.05) is 17.7 Å². The van der Waals surface area contributed by atoms with Crippen molar-refractivity contribution in [1.29, 1.82) is 0 Å². The molecule has 3 aromatic rings. The summed E-state index contributed by atoms with van der Waals surface area (Å²) >= 11 is 11.4. The van der Waals surface area contributed by atoms with Gasteiger partial charge >= 0.3 is 0 Å². The van der Waals surface area contributed by atoms with Gasteiger partial charge in [0.2, 0.25) is 0 Å². The lowest BCUT2D eigenvalue weighted by atomic mass is 10.2. The van der Waals surface area contributed by atoms with E-state index in [4.69, 9.17) is 11.6 Å². The van der Waals surface area contributed by atoms with E-state index in [9.17, 15) is 4.39 Å². The zero-order valence-electron chi connectivity index (χ0n) is 10.8. The van der Waals surface area contributed by atoms with Crippen LogP contribution in [0.15, 0.2) is 22.7 Å². The van der Waals surface area contributed by atoms with Crippen LogP contribution in [0.4, 0.5) is 4.39 Å². The van der Waals surface area contributed by atoms with Crippen LogP contribution in [0.1, 0.15) is 16.9 Å². The SMILES string of the molecule is Fc1cccc(Br)c1-c1nc(Cl)c2c3c(sc2n1)CCC3. The fraction of sp³-hybridized carbons (Fsp3) is 0.200. The van der Waals surface area contributed by atoms with E-state index < -0.39 is 0 Å². The van der Waals surface area contributed by atoms with Gasteiger partial charge in [-0.2, -0.15) is 0 Å². The van der Waals surface area contributed by atoms with E-state index in [0.717, 1.165) is 29.5 Å². The molecule has 2 aromatic heterocycles. The Kier molecular flexibility index (Phi) is 3.24. The highest BCUT2D eigenvalue weighted by atomic mass is 79.9. The predicted octanol–water partition coefficient (Wildman–Crippen LogP) is 5.40. The molecule has 0 amide bonds. The minimum Gasteiger partial charge on any atom is -0.217 e. The number of nitrogens with zero attached hydrogens (tertiary/aromatic N) is 2. The fourth-order valence-corrected chi connectivity index (χ4v) is 4.89. The van der Waals surface area contributed by atoms with E-state index in [2.05, 4.69) is 25.9 Å². The summed E-state index contributed by atoms with van der Waals surface area (Å²) < 4.78 is 14.7. The zero-order chi connectivity index (χ0) is 14.6. The van der Waals surface area contributed by atoms with E-state index in [0.29, 0.717) is 21.0 Å². The number of hydrogen-bond donors (Lipinski definition) is 0. The van der Waals surface area contributed by atoms with Crippen LogP contribution in [0.25, 0.3) is 21.6 Å². The summed E-state index contributed by atoms with van der Waals surface area (Å²) in [4.78, 5) is 11.1. The fourth-order valence-electron chi connectivity index (χ4n) is 2.77. The number of aromatic nitrogens is 2. The van der Waals surface area contributed by atoms with Gasteiger partial charge in [0.15, 0.2) is 5.82 Å². The Morgan fingerprint density at radius 3 is 2.90 bits per heavy atom. The minimum absolute atomic E-state index is 0.331. The second kappa shape index (κ2) is 5.00. The maximum absolute atomic E-state index is 14.1. The molecule has 0 spiro atoms. The van der Waals surface area contributed by atoms with Crippen molar-refractivity contribution in [2.45, 2.75) is 19.3 Å². The number of halogens is 3. The molecule has 4 rings (SSSR count). The van der Waals surface area contributed by atoms with Gasteiger partial charge in [0, 0.05) is 9.35 Å². The Morgan fingerprint density at radius 1 is 1.24 bits per heavy atom. The van der Waals surface area contributed by atoms with Crippen LogP contribution in [0, 0.1) is 5.82 Å². The average molecular weight is 384 g/mol. The summed E-state index contributed by atoms with van der Waals surface area (Å²) in [5.74, 6) is -0.0266. The first-order valence-electron chi connectivity index (χ1n) is 6.57. The predicted molar refractivity (Wildman–Crippen MR) is 87.5 cm³/mol. The Labute approximate surface area is 138 Å². The third-order valence-electron chi connectivity index (χ3n) is 3.71. The van der Waals surface area contributed by atoms with Crippen LogP contribution < -0.4 is 0 Å². The number of aryl methyl sites for hydroxylation is 2. The summed E-state index contributed by atoms with van der Waals surface area (Å²) in [6, 6.07) is 4.81. The summed E-state index contributed by atoms with van der Waals surface area (Å²) in [5.41, 5.74) is 1.63.